The quantitative estimate of drug-likeness (QED) is 0.745. The van der Waals surface area contributed by atoms with Crippen LogP contribution >= 0.6 is 11.6 Å². The van der Waals surface area contributed by atoms with Crippen LogP contribution in [0.5, 0.6) is 5.88 Å². The van der Waals surface area contributed by atoms with Crippen LogP contribution in [0, 0.1) is 13.8 Å². The molecule has 6 heteroatoms. The summed E-state index contributed by atoms with van der Waals surface area (Å²) in [5.74, 6) is -0.202. The van der Waals surface area contributed by atoms with Crippen LogP contribution in [0.4, 0.5) is 5.69 Å². The number of benzene rings is 2. The van der Waals surface area contributed by atoms with Crippen molar-refractivity contribution in [2.45, 2.75) is 20.8 Å². The molecule has 1 aromatic heterocycles. The van der Waals surface area contributed by atoms with Gasteiger partial charge >= 0.3 is 0 Å². The number of rotatable bonds is 4. The van der Waals surface area contributed by atoms with Gasteiger partial charge < -0.3 is 10.1 Å². The molecule has 1 heterocycles. The molecule has 1 N–H and O–H groups in total. The Hall–Kier alpha value is -2.66. The predicted octanol–water partition coefficient (Wildman–Crippen LogP) is 4.55. The lowest BCUT2D eigenvalue weighted by Crippen LogP contribution is -2.17. The van der Waals surface area contributed by atoms with E-state index < -0.39 is 5.91 Å². The second-order valence-corrected chi connectivity index (χ2v) is 6.08. The van der Waals surface area contributed by atoms with Gasteiger partial charge in [0.2, 0.25) is 5.88 Å². The zero-order chi connectivity index (χ0) is 18.0. The van der Waals surface area contributed by atoms with Gasteiger partial charge in [0, 0.05) is 0 Å². The monoisotopic (exact) mass is 355 g/mol. The summed E-state index contributed by atoms with van der Waals surface area (Å²) in [7, 11) is 0. The molecule has 128 valence electrons. The molecule has 3 aromatic rings. The molecule has 3 rings (SSSR count). The number of hydrogen-bond acceptors (Lipinski definition) is 4. The normalized spacial score (nSPS) is 10.7. The third kappa shape index (κ3) is 3.56. The van der Waals surface area contributed by atoms with Crippen LogP contribution in [0.15, 0.2) is 36.4 Å². The van der Waals surface area contributed by atoms with Gasteiger partial charge in [0.25, 0.3) is 5.91 Å². The Bertz CT molecular complexity index is 957. The standard InChI is InChI=1S/C19H18ClN3O2/c1-4-25-19-17(18(24)22-14-8-6-5-7-13(14)20)21-15-9-11(2)12(3)10-16(15)23-19/h5-10H,4H2,1-3H3,(H,22,24). The van der Waals surface area contributed by atoms with E-state index in [9.17, 15) is 4.79 Å². The van der Waals surface area contributed by atoms with Crippen molar-refractivity contribution in [2.75, 3.05) is 11.9 Å². The number of hydrogen-bond donors (Lipinski definition) is 1. The lowest BCUT2D eigenvalue weighted by Gasteiger charge is -2.12. The molecule has 0 radical (unpaired) electrons. The molecule has 0 saturated carbocycles. The Morgan fingerprint density at radius 3 is 2.40 bits per heavy atom. The Labute approximate surface area is 151 Å². The summed E-state index contributed by atoms with van der Waals surface area (Å²) in [6, 6.07) is 10.9. The van der Waals surface area contributed by atoms with Crippen molar-refractivity contribution in [1.82, 2.24) is 9.97 Å². The molecule has 5 nitrogen and oxygen atoms in total. The SMILES string of the molecule is CCOc1nc2cc(C)c(C)cc2nc1C(=O)Nc1ccccc1Cl. The molecule has 0 aliphatic carbocycles. The first-order chi connectivity index (χ1) is 12.0. The number of carbonyl (C=O) groups is 1. The number of nitrogens with zero attached hydrogens (tertiary/aromatic N) is 2. The summed E-state index contributed by atoms with van der Waals surface area (Å²) in [6.45, 7) is 6.23. The van der Waals surface area contributed by atoms with E-state index in [-0.39, 0.29) is 11.6 Å². The summed E-state index contributed by atoms with van der Waals surface area (Å²) in [5.41, 5.74) is 4.19. The largest absolute Gasteiger partial charge is 0.476 e. The molecule has 0 atom stereocenters. The maximum absolute atomic E-state index is 12.7. The molecule has 0 aliphatic heterocycles. The second-order valence-electron chi connectivity index (χ2n) is 5.67. The van der Waals surface area contributed by atoms with Crippen LogP contribution in [0.25, 0.3) is 11.0 Å². The number of amides is 1. The molecule has 2 aromatic carbocycles. The predicted molar refractivity (Wildman–Crippen MR) is 99.6 cm³/mol. The minimum Gasteiger partial charge on any atom is -0.476 e. The first-order valence-corrected chi connectivity index (χ1v) is 8.35. The molecule has 0 saturated heterocycles. The lowest BCUT2D eigenvalue weighted by molar-refractivity contribution is 0.101. The van der Waals surface area contributed by atoms with E-state index in [1.54, 1.807) is 24.3 Å². The summed E-state index contributed by atoms with van der Waals surface area (Å²) in [5, 5.41) is 3.22. The zero-order valence-electron chi connectivity index (χ0n) is 14.3. The number of para-hydroxylation sites is 1. The van der Waals surface area contributed by atoms with Crippen molar-refractivity contribution in [3.8, 4) is 5.88 Å². The van der Waals surface area contributed by atoms with E-state index in [1.807, 2.05) is 32.9 Å². The molecule has 0 spiro atoms. The molecular formula is C19H18ClN3O2. The number of anilines is 1. The highest BCUT2D eigenvalue weighted by molar-refractivity contribution is 6.33. The number of nitrogens with one attached hydrogen (secondary N) is 1. The topological polar surface area (TPSA) is 64.1 Å². The lowest BCUT2D eigenvalue weighted by atomic mass is 10.1. The van der Waals surface area contributed by atoms with Crippen molar-refractivity contribution in [3.63, 3.8) is 0 Å². The summed E-state index contributed by atoms with van der Waals surface area (Å²) < 4.78 is 5.54. The first kappa shape index (κ1) is 17.2. The van der Waals surface area contributed by atoms with E-state index in [2.05, 4.69) is 15.3 Å². The van der Waals surface area contributed by atoms with Gasteiger partial charge in [-0.05, 0) is 56.2 Å². The number of halogens is 1. The van der Waals surface area contributed by atoms with E-state index in [0.717, 1.165) is 11.1 Å². The first-order valence-electron chi connectivity index (χ1n) is 7.97. The Morgan fingerprint density at radius 1 is 1.12 bits per heavy atom. The maximum atomic E-state index is 12.7. The van der Waals surface area contributed by atoms with Crippen molar-refractivity contribution in [3.05, 3.63) is 58.2 Å². The number of fused-ring (bicyclic) bond motifs is 1. The van der Waals surface area contributed by atoms with Crippen LogP contribution in [-0.4, -0.2) is 22.5 Å². The molecule has 0 fully saturated rings. The average molecular weight is 356 g/mol. The van der Waals surface area contributed by atoms with Crippen molar-refractivity contribution < 1.29 is 9.53 Å². The molecule has 0 bridgehead atoms. The zero-order valence-corrected chi connectivity index (χ0v) is 15.0. The van der Waals surface area contributed by atoms with Gasteiger partial charge in [-0.15, -0.1) is 0 Å². The maximum Gasteiger partial charge on any atom is 0.279 e. The van der Waals surface area contributed by atoms with Gasteiger partial charge in [0.05, 0.1) is 28.4 Å². The number of aryl methyl sites for hydroxylation is 2. The fraction of sp³-hybridized carbons (Fsp3) is 0.211. The highest BCUT2D eigenvalue weighted by Gasteiger charge is 2.19. The number of aromatic nitrogens is 2. The third-order valence-electron chi connectivity index (χ3n) is 3.87. The Kier molecular flexibility index (Phi) is 4.86. The third-order valence-corrected chi connectivity index (χ3v) is 4.20. The Morgan fingerprint density at radius 2 is 1.76 bits per heavy atom. The van der Waals surface area contributed by atoms with E-state index >= 15 is 0 Å². The summed E-state index contributed by atoms with van der Waals surface area (Å²) >= 11 is 6.11. The van der Waals surface area contributed by atoms with Crippen molar-refractivity contribution >= 4 is 34.2 Å². The summed E-state index contributed by atoms with van der Waals surface area (Å²) in [6.07, 6.45) is 0. The van der Waals surface area contributed by atoms with Gasteiger partial charge in [-0.25, -0.2) is 9.97 Å². The van der Waals surface area contributed by atoms with Crippen LogP contribution in [0.3, 0.4) is 0 Å². The van der Waals surface area contributed by atoms with Crippen molar-refractivity contribution in [2.24, 2.45) is 0 Å². The van der Waals surface area contributed by atoms with Gasteiger partial charge in [-0.1, -0.05) is 23.7 Å². The molecule has 0 unspecified atom stereocenters. The molecular weight excluding hydrogens is 338 g/mol. The smallest absolute Gasteiger partial charge is 0.279 e. The fourth-order valence-electron chi connectivity index (χ4n) is 2.42. The minimum absolute atomic E-state index is 0.137. The average Bonchev–Trinajstić information content (AvgIpc) is 2.58. The van der Waals surface area contributed by atoms with Crippen molar-refractivity contribution in [1.29, 1.82) is 0 Å². The fourth-order valence-corrected chi connectivity index (χ4v) is 2.61. The summed E-state index contributed by atoms with van der Waals surface area (Å²) in [4.78, 5) is 21.7. The number of ether oxygens (including phenoxy) is 1. The molecule has 1 amide bonds. The van der Waals surface area contributed by atoms with Gasteiger partial charge in [0.15, 0.2) is 5.69 Å². The highest BCUT2D eigenvalue weighted by Crippen LogP contribution is 2.25. The minimum atomic E-state index is -0.413. The highest BCUT2D eigenvalue weighted by atomic mass is 35.5. The van der Waals surface area contributed by atoms with Crippen LogP contribution in [0.2, 0.25) is 5.02 Å². The van der Waals surface area contributed by atoms with Gasteiger partial charge in [-0.2, -0.15) is 0 Å². The second kappa shape index (κ2) is 7.07. The van der Waals surface area contributed by atoms with Gasteiger partial charge in [0.1, 0.15) is 0 Å². The molecule has 0 aliphatic rings. The number of carbonyl (C=O) groups excluding carboxylic acids is 1. The van der Waals surface area contributed by atoms with Crippen LogP contribution in [0.1, 0.15) is 28.5 Å². The van der Waals surface area contributed by atoms with E-state index in [1.165, 1.54) is 0 Å². The Balaban J connectivity index is 2.06. The van der Waals surface area contributed by atoms with E-state index in [0.29, 0.717) is 28.4 Å². The van der Waals surface area contributed by atoms with Gasteiger partial charge in [-0.3, -0.25) is 4.79 Å². The van der Waals surface area contributed by atoms with Crippen LogP contribution in [-0.2, 0) is 0 Å². The van der Waals surface area contributed by atoms with E-state index in [4.69, 9.17) is 16.3 Å². The van der Waals surface area contributed by atoms with Crippen LogP contribution < -0.4 is 10.1 Å². The molecule has 25 heavy (non-hydrogen) atoms.